The Bertz CT molecular complexity index is 405. The lowest BCUT2D eigenvalue weighted by molar-refractivity contribution is -0.136. The predicted octanol–water partition coefficient (Wildman–Crippen LogP) is 0.0569. The molecule has 1 aliphatic rings. The van der Waals surface area contributed by atoms with Gasteiger partial charge < -0.3 is 15.5 Å². The maximum atomic E-state index is 11.8. The smallest absolute Gasteiger partial charge is 0.242 e. The summed E-state index contributed by atoms with van der Waals surface area (Å²) in [6.45, 7) is 1.50. The molecule has 1 aromatic carbocycles. The molecule has 2 amide bonds. The molecule has 2 rings (SSSR count). The third-order valence-electron chi connectivity index (χ3n) is 2.61. The maximum Gasteiger partial charge on any atom is 0.242 e. The highest BCUT2D eigenvalue weighted by Gasteiger charge is 2.20. The zero-order valence-corrected chi connectivity index (χ0v) is 9.48. The van der Waals surface area contributed by atoms with E-state index in [9.17, 15) is 9.59 Å². The second kappa shape index (κ2) is 5.34. The molecule has 1 aliphatic heterocycles. The fourth-order valence-electron chi connectivity index (χ4n) is 1.70. The molecule has 0 aliphatic carbocycles. The first-order chi connectivity index (χ1) is 8.25. The Hall–Kier alpha value is -2.04. The number of carbonyl (C=O) groups excluding carboxylic acids is 2. The summed E-state index contributed by atoms with van der Waals surface area (Å²) >= 11 is 0. The van der Waals surface area contributed by atoms with Gasteiger partial charge in [0.15, 0.2) is 0 Å². The predicted molar refractivity (Wildman–Crippen MR) is 64.5 cm³/mol. The van der Waals surface area contributed by atoms with Crippen molar-refractivity contribution in [1.82, 2.24) is 10.2 Å². The topological polar surface area (TPSA) is 61.4 Å². The number of benzene rings is 1. The number of hydrogen-bond acceptors (Lipinski definition) is 3. The molecule has 0 radical (unpaired) electrons. The van der Waals surface area contributed by atoms with Gasteiger partial charge >= 0.3 is 0 Å². The molecule has 0 bridgehead atoms. The molecular weight excluding hydrogens is 218 g/mol. The Morgan fingerprint density at radius 2 is 2.12 bits per heavy atom. The third-order valence-corrected chi connectivity index (χ3v) is 2.61. The van der Waals surface area contributed by atoms with E-state index in [1.165, 1.54) is 0 Å². The lowest BCUT2D eigenvalue weighted by atomic mass is 10.3. The molecule has 0 unspecified atom stereocenters. The molecule has 2 N–H and O–H groups in total. The number of anilines is 1. The fourth-order valence-corrected chi connectivity index (χ4v) is 1.70. The molecule has 0 atom stereocenters. The van der Waals surface area contributed by atoms with Gasteiger partial charge in [-0.2, -0.15) is 0 Å². The Labute approximate surface area is 99.8 Å². The van der Waals surface area contributed by atoms with Gasteiger partial charge in [-0.05, 0) is 12.1 Å². The first-order valence-electron chi connectivity index (χ1n) is 5.59. The van der Waals surface area contributed by atoms with Crippen LogP contribution < -0.4 is 10.6 Å². The molecule has 5 heteroatoms. The molecular formula is C12H15N3O2. The van der Waals surface area contributed by atoms with E-state index in [1.807, 2.05) is 30.3 Å². The summed E-state index contributed by atoms with van der Waals surface area (Å²) in [6.07, 6.45) is 0. The lowest BCUT2D eigenvalue weighted by Gasteiger charge is -2.26. The van der Waals surface area contributed by atoms with Crippen molar-refractivity contribution in [3.63, 3.8) is 0 Å². The van der Waals surface area contributed by atoms with Crippen molar-refractivity contribution >= 4 is 17.5 Å². The van der Waals surface area contributed by atoms with E-state index in [4.69, 9.17) is 0 Å². The summed E-state index contributed by atoms with van der Waals surface area (Å²) in [4.78, 5) is 24.5. The average Bonchev–Trinajstić information content (AvgIpc) is 2.37. The molecule has 1 saturated heterocycles. The van der Waals surface area contributed by atoms with Crippen molar-refractivity contribution < 1.29 is 9.59 Å². The van der Waals surface area contributed by atoms with Gasteiger partial charge in [0.25, 0.3) is 0 Å². The highest BCUT2D eigenvalue weighted by atomic mass is 16.2. The molecule has 0 spiro atoms. The maximum absolute atomic E-state index is 11.8. The molecule has 5 nitrogen and oxygen atoms in total. The summed E-state index contributed by atoms with van der Waals surface area (Å²) in [5.41, 5.74) is 0.905. The number of hydrogen-bond donors (Lipinski definition) is 2. The third kappa shape index (κ3) is 3.21. The minimum Gasteiger partial charge on any atom is -0.376 e. The summed E-state index contributed by atoms with van der Waals surface area (Å²) in [5.74, 6) is -0.145. The Morgan fingerprint density at radius 1 is 1.35 bits per heavy atom. The van der Waals surface area contributed by atoms with Crippen LogP contribution in [-0.4, -0.2) is 42.9 Å². The van der Waals surface area contributed by atoms with Crippen LogP contribution in [0, 0.1) is 0 Å². The number of nitrogens with one attached hydrogen (secondary N) is 2. The van der Waals surface area contributed by atoms with Gasteiger partial charge in [-0.1, -0.05) is 18.2 Å². The van der Waals surface area contributed by atoms with Gasteiger partial charge in [0.05, 0.1) is 13.1 Å². The quantitative estimate of drug-likeness (QED) is 0.776. The second-order valence-electron chi connectivity index (χ2n) is 3.88. The highest BCUT2D eigenvalue weighted by Crippen LogP contribution is 2.04. The van der Waals surface area contributed by atoms with Crippen LogP contribution in [0.5, 0.6) is 0 Å². The van der Waals surface area contributed by atoms with Crippen LogP contribution in [0.3, 0.4) is 0 Å². The van der Waals surface area contributed by atoms with E-state index < -0.39 is 0 Å². The van der Waals surface area contributed by atoms with Crippen molar-refractivity contribution in [2.75, 3.05) is 31.5 Å². The molecule has 0 aromatic heterocycles. The Kier molecular flexibility index (Phi) is 3.59. The molecule has 1 aromatic rings. The molecule has 17 heavy (non-hydrogen) atoms. The lowest BCUT2D eigenvalue weighted by Crippen LogP contribution is -2.51. The van der Waals surface area contributed by atoms with Crippen LogP contribution in [0.2, 0.25) is 0 Å². The number of carbonyl (C=O) groups is 2. The van der Waals surface area contributed by atoms with Gasteiger partial charge in [0.2, 0.25) is 11.8 Å². The summed E-state index contributed by atoms with van der Waals surface area (Å²) < 4.78 is 0. The highest BCUT2D eigenvalue weighted by molar-refractivity contribution is 5.87. The number of amides is 2. The van der Waals surface area contributed by atoms with Gasteiger partial charge in [0, 0.05) is 18.8 Å². The van der Waals surface area contributed by atoms with Crippen molar-refractivity contribution in [2.45, 2.75) is 0 Å². The van der Waals surface area contributed by atoms with Crippen LogP contribution in [0.1, 0.15) is 0 Å². The number of piperazine rings is 1. The van der Waals surface area contributed by atoms with Crippen LogP contribution in [0.15, 0.2) is 30.3 Å². The number of para-hydroxylation sites is 1. The minimum atomic E-state index is -0.0932. The van der Waals surface area contributed by atoms with Crippen molar-refractivity contribution in [3.8, 4) is 0 Å². The number of nitrogens with zero attached hydrogens (tertiary/aromatic N) is 1. The van der Waals surface area contributed by atoms with E-state index in [1.54, 1.807) is 4.90 Å². The molecule has 0 saturated carbocycles. The fraction of sp³-hybridized carbons (Fsp3) is 0.333. The SMILES string of the molecule is O=C1CN(C(=O)CNc2ccccc2)CCN1. The largest absolute Gasteiger partial charge is 0.376 e. The minimum absolute atomic E-state index is 0.0521. The van der Waals surface area contributed by atoms with Gasteiger partial charge in [0.1, 0.15) is 0 Å². The molecule has 90 valence electrons. The summed E-state index contributed by atoms with van der Waals surface area (Å²) in [6, 6.07) is 9.52. The summed E-state index contributed by atoms with van der Waals surface area (Å²) in [7, 11) is 0. The van der Waals surface area contributed by atoms with E-state index in [-0.39, 0.29) is 24.9 Å². The van der Waals surface area contributed by atoms with Crippen LogP contribution >= 0.6 is 0 Å². The monoisotopic (exact) mass is 233 g/mol. The average molecular weight is 233 g/mol. The van der Waals surface area contributed by atoms with E-state index >= 15 is 0 Å². The number of rotatable bonds is 3. The van der Waals surface area contributed by atoms with Crippen molar-refractivity contribution in [1.29, 1.82) is 0 Å². The normalized spacial score (nSPS) is 15.3. The van der Waals surface area contributed by atoms with Gasteiger partial charge in [-0.3, -0.25) is 9.59 Å². The molecule has 1 heterocycles. The van der Waals surface area contributed by atoms with Gasteiger partial charge in [-0.25, -0.2) is 0 Å². The molecule has 1 fully saturated rings. The standard InChI is InChI=1S/C12H15N3O2/c16-11-9-15(7-6-13-11)12(17)8-14-10-4-2-1-3-5-10/h1-5,14H,6-9H2,(H,13,16). The zero-order chi connectivity index (χ0) is 12.1. The van der Waals surface area contributed by atoms with E-state index in [0.29, 0.717) is 13.1 Å². The van der Waals surface area contributed by atoms with Gasteiger partial charge in [-0.15, -0.1) is 0 Å². The van der Waals surface area contributed by atoms with E-state index in [0.717, 1.165) is 5.69 Å². The zero-order valence-electron chi connectivity index (χ0n) is 9.48. The van der Waals surface area contributed by atoms with Crippen molar-refractivity contribution in [3.05, 3.63) is 30.3 Å². The van der Waals surface area contributed by atoms with Crippen LogP contribution in [0.25, 0.3) is 0 Å². The first kappa shape index (κ1) is 11.4. The second-order valence-corrected chi connectivity index (χ2v) is 3.88. The van der Waals surface area contributed by atoms with Crippen molar-refractivity contribution in [2.24, 2.45) is 0 Å². The Morgan fingerprint density at radius 3 is 2.82 bits per heavy atom. The van der Waals surface area contributed by atoms with Crippen LogP contribution in [0.4, 0.5) is 5.69 Å². The Balaban J connectivity index is 1.83. The van der Waals surface area contributed by atoms with E-state index in [2.05, 4.69) is 10.6 Å². The summed E-state index contributed by atoms with van der Waals surface area (Å²) in [5, 5.41) is 5.72. The first-order valence-corrected chi connectivity index (χ1v) is 5.59. The van der Waals surface area contributed by atoms with Crippen LogP contribution in [-0.2, 0) is 9.59 Å².